The number of fused-ring (bicyclic) bond motifs is 3. The maximum absolute atomic E-state index is 13.9. The van der Waals surface area contributed by atoms with E-state index in [9.17, 15) is 24.3 Å². The van der Waals surface area contributed by atoms with Gasteiger partial charge in [-0.2, -0.15) is 0 Å². The minimum absolute atomic E-state index is 0.0202. The summed E-state index contributed by atoms with van der Waals surface area (Å²) in [6.07, 6.45) is 0.443. The van der Waals surface area contributed by atoms with Crippen molar-refractivity contribution >= 4 is 29.3 Å². The highest BCUT2D eigenvalue weighted by Crippen LogP contribution is 2.57. The first-order chi connectivity index (χ1) is 14.5. The molecular formula is C22H22N2O7. The molecule has 0 radical (unpaired) electrons. The molecule has 1 aliphatic carbocycles. The Morgan fingerprint density at radius 2 is 1.90 bits per heavy atom. The standard InChI is InChI=1S/C22H22N2O7/c1-21(2)8-13(25)16-14(9-21)31-18(23)17(19(28)30-3)22(16)11-6-4-5-7-12(11)24(20(22)29)10-15(26)27/h4-7H,8-10,23H2,1-3H3,(H,26,27)/t22-/m0/s1. The summed E-state index contributed by atoms with van der Waals surface area (Å²) in [5.74, 6) is -3.40. The number of carboxylic acids is 1. The van der Waals surface area contributed by atoms with Gasteiger partial charge < -0.3 is 20.3 Å². The number of nitrogens with zero attached hydrogens (tertiary/aromatic N) is 1. The number of hydrogen-bond acceptors (Lipinski definition) is 7. The average Bonchev–Trinajstić information content (AvgIpc) is 2.89. The number of carboxylic acid groups (broad SMARTS) is 1. The van der Waals surface area contributed by atoms with Crippen molar-refractivity contribution in [1.29, 1.82) is 0 Å². The third-order valence-corrected chi connectivity index (χ3v) is 5.91. The molecule has 1 amide bonds. The predicted octanol–water partition coefficient (Wildman–Crippen LogP) is 1.37. The lowest BCUT2D eigenvalue weighted by Crippen LogP contribution is -2.52. The summed E-state index contributed by atoms with van der Waals surface area (Å²) in [4.78, 5) is 52.8. The fraction of sp³-hybridized carbons (Fsp3) is 0.364. The Morgan fingerprint density at radius 3 is 2.55 bits per heavy atom. The van der Waals surface area contributed by atoms with Crippen molar-refractivity contribution in [3.63, 3.8) is 0 Å². The SMILES string of the molecule is COC(=O)C1=C(N)OC2=C(C(=O)CC(C)(C)C2)[C@]12C(=O)N(CC(=O)O)c1ccccc12. The molecule has 0 fully saturated rings. The Balaban J connectivity index is 2.10. The Morgan fingerprint density at radius 1 is 1.23 bits per heavy atom. The number of aliphatic carboxylic acids is 1. The lowest BCUT2D eigenvalue weighted by molar-refractivity contribution is -0.139. The minimum atomic E-state index is -1.93. The van der Waals surface area contributed by atoms with Crippen LogP contribution in [0.15, 0.2) is 47.1 Å². The van der Waals surface area contributed by atoms with Gasteiger partial charge in [0.05, 0.1) is 12.7 Å². The van der Waals surface area contributed by atoms with Crippen LogP contribution in [0.4, 0.5) is 5.69 Å². The van der Waals surface area contributed by atoms with Crippen LogP contribution in [0.3, 0.4) is 0 Å². The molecule has 3 N–H and O–H groups in total. The lowest BCUT2D eigenvalue weighted by Gasteiger charge is -2.42. The van der Waals surface area contributed by atoms with E-state index in [1.807, 2.05) is 13.8 Å². The number of benzene rings is 1. The van der Waals surface area contributed by atoms with Gasteiger partial charge >= 0.3 is 11.9 Å². The number of methoxy groups -OCH3 is 1. The van der Waals surface area contributed by atoms with E-state index in [4.69, 9.17) is 15.2 Å². The highest BCUT2D eigenvalue weighted by atomic mass is 16.5. The predicted molar refractivity (Wildman–Crippen MR) is 107 cm³/mol. The number of ketones is 1. The van der Waals surface area contributed by atoms with E-state index >= 15 is 0 Å². The number of nitrogens with two attached hydrogens (primary N) is 1. The molecule has 0 bridgehead atoms. The van der Waals surface area contributed by atoms with Crippen molar-refractivity contribution in [3.05, 3.63) is 52.6 Å². The number of para-hydroxylation sites is 1. The second-order valence-corrected chi connectivity index (χ2v) is 8.62. The molecule has 0 aromatic heterocycles. The number of carbonyl (C=O) groups is 4. The zero-order valence-electron chi connectivity index (χ0n) is 17.4. The summed E-state index contributed by atoms with van der Waals surface area (Å²) in [6.45, 7) is 3.14. The van der Waals surface area contributed by atoms with Gasteiger partial charge in [0.1, 0.15) is 23.3 Å². The van der Waals surface area contributed by atoms with Gasteiger partial charge in [-0.1, -0.05) is 32.0 Å². The minimum Gasteiger partial charge on any atom is -0.480 e. The molecule has 1 aromatic rings. The number of anilines is 1. The third kappa shape index (κ3) is 2.76. The summed E-state index contributed by atoms with van der Waals surface area (Å²) in [5.41, 5.74) is 4.07. The van der Waals surface area contributed by atoms with Gasteiger partial charge in [-0.25, -0.2) is 4.79 Å². The molecule has 3 aliphatic rings. The van der Waals surface area contributed by atoms with Crippen LogP contribution in [0.2, 0.25) is 0 Å². The smallest absolute Gasteiger partial charge is 0.340 e. The van der Waals surface area contributed by atoms with E-state index in [1.54, 1.807) is 24.3 Å². The molecule has 0 saturated carbocycles. The lowest BCUT2D eigenvalue weighted by atomic mass is 9.62. The highest BCUT2D eigenvalue weighted by molar-refractivity contribution is 6.24. The van der Waals surface area contributed by atoms with Crippen LogP contribution in [0.1, 0.15) is 32.3 Å². The van der Waals surface area contributed by atoms with E-state index in [2.05, 4.69) is 0 Å². The number of hydrogen-bond donors (Lipinski definition) is 2. The van der Waals surface area contributed by atoms with Gasteiger partial charge in [0.2, 0.25) is 11.8 Å². The van der Waals surface area contributed by atoms with Crippen molar-refractivity contribution in [2.75, 3.05) is 18.6 Å². The second kappa shape index (κ2) is 6.69. The number of Topliss-reactive ketones (excluding diaryl/α,β-unsaturated/α-hetero) is 1. The molecule has 1 atom stereocenters. The third-order valence-electron chi connectivity index (χ3n) is 5.91. The van der Waals surface area contributed by atoms with Gasteiger partial charge in [0.25, 0.3) is 0 Å². The Bertz CT molecular complexity index is 1110. The average molecular weight is 426 g/mol. The van der Waals surface area contributed by atoms with E-state index in [-0.39, 0.29) is 40.7 Å². The summed E-state index contributed by atoms with van der Waals surface area (Å²) in [6, 6.07) is 6.46. The van der Waals surface area contributed by atoms with Crippen LogP contribution >= 0.6 is 0 Å². The fourth-order valence-electron chi connectivity index (χ4n) is 4.85. The van der Waals surface area contributed by atoms with Crippen LogP contribution in [-0.2, 0) is 34.1 Å². The van der Waals surface area contributed by atoms with Crippen LogP contribution in [0.5, 0.6) is 0 Å². The monoisotopic (exact) mass is 426 g/mol. The van der Waals surface area contributed by atoms with Gasteiger partial charge in [0, 0.05) is 24.1 Å². The van der Waals surface area contributed by atoms with Crippen molar-refractivity contribution in [1.82, 2.24) is 0 Å². The fourth-order valence-corrected chi connectivity index (χ4v) is 4.85. The van der Waals surface area contributed by atoms with Gasteiger partial charge in [-0.05, 0) is 11.5 Å². The maximum atomic E-state index is 13.9. The largest absolute Gasteiger partial charge is 0.480 e. The topological polar surface area (TPSA) is 136 Å². The molecule has 1 spiro atoms. The van der Waals surface area contributed by atoms with Gasteiger partial charge in [0.15, 0.2) is 5.78 Å². The molecule has 9 heteroatoms. The molecule has 31 heavy (non-hydrogen) atoms. The summed E-state index contributed by atoms with van der Waals surface area (Å²) in [7, 11) is 1.13. The first kappa shape index (κ1) is 20.6. The molecule has 162 valence electrons. The summed E-state index contributed by atoms with van der Waals surface area (Å²) in [5, 5.41) is 9.40. The summed E-state index contributed by atoms with van der Waals surface area (Å²) >= 11 is 0. The Kier molecular flexibility index (Phi) is 4.46. The zero-order chi connectivity index (χ0) is 22.7. The number of rotatable bonds is 3. The van der Waals surface area contributed by atoms with E-state index in [1.165, 1.54) is 0 Å². The highest BCUT2D eigenvalue weighted by Gasteiger charge is 2.64. The van der Waals surface area contributed by atoms with E-state index in [0.29, 0.717) is 12.0 Å². The van der Waals surface area contributed by atoms with Crippen molar-refractivity contribution < 1.29 is 33.8 Å². The van der Waals surface area contributed by atoms with Crippen molar-refractivity contribution in [3.8, 4) is 0 Å². The molecule has 1 aromatic carbocycles. The molecule has 2 aliphatic heterocycles. The first-order valence-electron chi connectivity index (χ1n) is 9.71. The molecule has 2 heterocycles. The van der Waals surface area contributed by atoms with E-state index in [0.717, 1.165) is 12.0 Å². The Labute approximate surface area is 178 Å². The van der Waals surface area contributed by atoms with Gasteiger partial charge in [-0.3, -0.25) is 19.3 Å². The number of ether oxygens (including phenoxy) is 2. The molecule has 4 rings (SSSR count). The molecule has 9 nitrogen and oxygen atoms in total. The van der Waals surface area contributed by atoms with Crippen molar-refractivity contribution in [2.24, 2.45) is 11.1 Å². The van der Waals surface area contributed by atoms with Crippen LogP contribution in [0, 0.1) is 5.41 Å². The quantitative estimate of drug-likeness (QED) is 0.692. The molecular weight excluding hydrogens is 404 g/mol. The van der Waals surface area contributed by atoms with Crippen LogP contribution in [-0.4, -0.2) is 42.4 Å². The number of allylic oxidation sites excluding steroid dienone is 1. The Hall–Kier alpha value is -3.62. The molecule has 0 saturated heterocycles. The summed E-state index contributed by atoms with van der Waals surface area (Å²) < 4.78 is 10.6. The number of amides is 1. The first-order valence-corrected chi connectivity index (χ1v) is 9.71. The normalized spacial score (nSPS) is 24.2. The van der Waals surface area contributed by atoms with Crippen LogP contribution < -0.4 is 10.6 Å². The van der Waals surface area contributed by atoms with Crippen LogP contribution in [0.25, 0.3) is 0 Å². The van der Waals surface area contributed by atoms with Gasteiger partial charge in [-0.15, -0.1) is 0 Å². The number of esters is 1. The second-order valence-electron chi connectivity index (χ2n) is 8.62. The van der Waals surface area contributed by atoms with Crippen molar-refractivity contribution in [2.45, 2.75) is 32.1 Å². The van der Waals surface area contributed by atoms with E-state index < -0.39 is 35.2 Å². The number of carbonyl (C=O) groups excluding carboxylic acids is 3. The zero-order valence-corrected chi connectivity index (χ0v) is 17.4. The molecule has 0 unspecified atom stereocenters. The maximum Gasteiger partial charge on any atom is 0.340 e.